The SMILES string of the molecule is Cc1c(C2(CN)CC2)ccc(O)c1CN(C)C. The zero-order valence-electron chi connectivity index (χ0n) is 11.0. The third-order valence-electron chi connectivity index (χ3n) is 3.86. The van der Waals surface area contributed by atoms with Crippen LogP contribution in [0.25, 0.3) is 0 Å². The predicted octanol–water partition coefficient (Wildman–Crippen LogP) is 1.75. The highest BCUT2D eigenvalue weighted by Gasteiger charge is 2.44. The molecule has 0 heterocycles. The first-order valence-corrected chi connectivity index (χ1v) is 6.17. The van der Waals surface area contributed by atoms with E-state index in [4.69, 9.17) is 5.73 Å². The van der Waals surface area contributed by atoms with E-state index in [1.54, 1.807) is 0 Å². The van der Waals surface area contributed by atoms with Gasteiger partial charge in [-0.05, 0) is 51.1 Å². The molecule has 1 aliphatic rings. The van der Waals surface area contributed by atoms with E-state index in [9.17, 15) is 5.11 Å². The molecule has 1 aromatic carbocycles. The van der Waals surface area contributed by atoms with E-state index >= 15 is 0 Å². The zero-order valence-corrected chi connectivity index (χ0v) is 11.0. The van der Waals surface area contributed by atoms with Gasteiger partial charge in [-0.2, -0.15) is 0 Å². The number of phenols is 1. The molecule has 0 unspecified atom stereocenters. The first kappa shape index (κ1) is 12.4. The first-order valence-electron chi connectivity index (χ1n) is 6.17. The second-order valence-electron chi connectivity index (χ2n) is 5.46. The Bertz CT molecular complexity index is 422. The van der Waals surface area contributed by atoms with Crippen molar-refractivity contribution in [2.24, 2.45) is 5.73 Å². The quantitative estimate of drug-likeness (QED) is 0.834. The fourth-order valence-corrected chi connectivity index (χ4v) is 2.57. The summed E-state index contributed by atoms with van der Waals surface area (Å²) >= 11 is 0. The van der Waals surface area contributed by atoms with Gasteiger partial charge in [0.1, 0.15) is 5.75 Å². The van der Waals surface area contributed by atoms with Gasteiger partial charge in [0.2, 0.25) is 0 Å². The molecule has 0 aromatic heterocycles. The van der Waals surface area contributed by atoms with Crippen molar-refractivity contribution in [2.75, 3.05) is 20.6 Å². The third kappa shape index (κ3) is 2.17. The Balaban J connectivity index is 2.43. The maximum absolute atomic E-state index is 9.97. The predicted molar refractivity (Wildman–Crippen MR) is 70.2 cm³/mol. The summed E-state index contributed by atoms with van der Waals surface area (Å²) < 4.78 is 0. The molecule has 1 aliphatic carbocycles. The Labute approximate surface area is 103 Å². The summed E-state index contributed by atoms with van der Waals surface area (Å²) in [5.74, 6) is 0.396. The van der Waals surface area contributed by atoms with Gasteiger partial charge >= 0.3 is 0 Å². The van der Waals surface area contributed by atoms with E-state index in [1.807, 2.05) is 26.2 Å². The molecule has 0 spiro atoms. The zero-order chi connectivity index (χ0) is 12.6. The highest BCUT2D eigenvalue weighted by molar-refractivity contribution is 5.48. The molecule has 1 fully saturated rings. The number of nitrogens with two attached hydrogens (primary N) is 1. The van der Waals surface area contributed by atoms with Crippen LogP contribution in [0, 0.1) is 6.92 Å². The van der Waals surface area contributed by atoms with Crippen LogP contribution in [-0.4, -0.2) is 30.6 Å². The Kier molecular flexibility index (Phi) is 3.15. The van der Waals surface area contributed by atoms with Crippen molar-refractivity contribution in [3.8, 4) is 5.75 Å². The Hall–Kier alpha value is -1.06. The summed E-state index contributed by atoms with van der Waals surface area (Å²) in [4.78, 5) is 2.08. The molecule has 0 amide bonds. The molecule has 2 rings (SSSR count). The van der Waals surface area contributed by atoms with Crippen LogP contribution in [0.5, 0.6) is 5.75 Å². The van der Waals surface area contributed by atoms with Crippen LogP contribution in [-0.2, 0) is 12.0 Å². The molecule has 0 saturated heterocycles. The second kappa shape index (κ2) is 4.31. The van der Waals surface area contributed by atoms with Crippen LogP contribution in [0.1, 0.15) is 29.5 Å². The van der Waals surface area contributed by atoms with Gasteiger partial charge in [0.15, 0.2) is 0 Å². The molecular formula is C14H22N2O. The van der Waals surface area contributed by atoms with Gasteiger partial charge < -0.3 is 15.7 Å². The Morgan fingerprint density at radius 2 is 2.00 bits per heavy atom. The van der Waals surface area contributed by atoms with Gasteiger partial charge in [-0.25, -0.2) is 0 Å². The van der Waals surface area contributed by atoms with E-state index in [0.717, 1.165) is 12.1 Å². The average Bonchev–Trinajstić information content (AvgIpc) is 3.05. The van der Waals surface area contributed by atoms with Crippen molar-refractivity contribution in [3.05, 3.63) is 28.8 Å². The van der Waals surface area contributed by atoms with Crippen molar-refractivity contribution in [3.63, 3.8) is 0 Å². The molecule has 0 aliphatic heterocycles. The summed E-state index contributed by atoms with van der Waals surface area (Å²) in [7, 11) is 4.03. The van der Waals surface area contributed by atoms with Crippen molar-refractivity contribution in [1.29, 1.82) is 0 Å². The minimum absolute atomic E-state index is 0.193. The molecule has 1 aromatic rings. The average molecular weight is 234 g/mol. The normalized spacial score (nSPS) is 17.5. The monoisotopic (exact) mass is 234 g/mol. The number of nitrogens with zero attached hydrogens (tertiary/aromatic N) is 1. The van der Waals surface area contributed by atoms with Crippen molar-refractivity contribution >= 4 is 0 Å². The molecule has 1 saturated carbocycles. The van der Waals surface area contributed by atoms with Crippen LogP contribution in [0.2, 0.25) is 0 Å². The van der Waals surface area contributed by atoms with Crippen LogP contribution in [0.15, 0.2) is 12.1 Å². The van der Waals surface area contributed by atoms with Gasteiger partial charge in [0.05, 0.1) is 0 Å². The van der Waals surface area contributed by atoms with Gasteiger partial charge in [-0.1, -0.05) is 6.07 Å². The van der Waals surface area contributed by atoms with Gasteiger partial charge in [-0.15, -0.1) is 0 Å². The summed E-state index contributed by atoms with van der Waals surface area (Å²) in [6.07, 6.45) is 2.35. The maximum atomic E-state index is 9.97. The number of rotatable bonds is 4. The van der Waals surface area contributed by atoms with Crippen molar-refractivity contribution in [1.82, 2.24) is 4.90 Å². The summed E-state index contributed by atoms with van der Waals surface area (Å²) in [6, 6.07) is 3.86. The van der Waals surface area contributed by atoms with E-state index in [0.29, 0.717) is 12.3 Å². The maximum Gasteiger partial charge on any atom is 0.120 e. The van der Waals surface area contributed by atoms with Crippen molar-refractivity contribution in [2.45, 2.75) is 31.7 Å². The largest absolute Gasteiger partial charge is 0.508 e. The molecule has 17 heavy (non-hydrogen) atoms. The van der Waals surface area contributed by atoms with Crippen molar-refractivity contribution < 1.29 is 5.11 Å². The number of hydrogen-bond acceptors (Lipinski definition) is 3. The molecular weight excluding hydrogens is 212 g/mol. The molecule has 3 N–H and O–H groups in total. The topological polar surface area (TPSA) is 49.5 Å². The highest BCUT2D eigenvalue weighted by Crippen LogP contribution is 2.49. The fraction of sp³-hybridized carbons (Fsp3) is 0.571. The molecule has 3 nitrogen and oxygen atoms in total. The van der Waals surface area contributed by atoms with Crippen LogP contribution in [0.3, 0.4) is 0 Å². The summed E-state index contributed by atoms with van der Waals surface area (Å²) in [5, 5.41) is 9.97. The number of benzene rings is 1. The lowest BCUT2D eigenvalue weighted by atomic mass is 9.89. The Morgan fingerprint density at radius 1 is 1.35 bits per heavy atom. The second-order valence-corrected chi connectivity index (χ2v) is 5.46. The Morgan fingerprint density at radius 3 is 2.47 bits per heavy atom. The van der Waals surface area contributed by atoms with Gasteiger partial charge in [0, 0.05) is 24.1 Å². The lowest BCUT2D eigenvalue weighted by Gasteiger charge is -2.21. The smallest absolute Gasteiger partial charge is 0.120 e. The number of aromatic hydroxyl groups is 1. The number of hydrogen-bond donors (Lipinski definition) is 2. The highest BCUT2D eigenvalue weighted by atomic mass is 16.3. The lowest BCUT2D eigenvalue weighted by Crippen LogP contribution is -2.22. The van der Waals surface area contributed by atoms with E-state index < -0.39 is 0 Å². The lowest BCUT2D eigenvalue weighted by molar-refractivity contribution is 0.384. The van der Waals surface area contributed by atoms with E-state index in [-0.39, 0.29) is 5.41 Å². The van der Waals surface area contributed by atoms with Gasteiger partial charge in [-0.3, -0.25) is 0 Å². The standard InChI is InChI=1S/C14H22N2O/c1-10-11(8-16(2)3)13(17)5-4-12(10)14(9-15)6-7-14/h4-5,17H,6-9,15H2,1-3H3. The van der Waals surface area contributed by atoms with E-state index in [1.165, 1.54) is 24.0 Å². The summed E-state index contributed by atoms with van der Waals surface area (Å²) in [6.45, 7) is 3.58. The van der Waals surface area contributed by atoms with Crippen LogP contribution < -0.4 is 5.73 Å². The van der Waals surface area contributed by atoms with Crippen LogP contribution in [0.4, 0.5) is 0 Å². The van der Waals surface area contributed by atoms with Crippen LogP contribution >= 0.6 is 0 Å². The van der Waals surface area contributed by atoms with Gasteiger partial charge in [0.25, 0.3) is 0 Å². The molecule has 0 atom stereocenters. The number of phenolic OH excluding ortho intramolecular Hbond substituents is 1. The minimum atomic E-state index is 0.193. The third-order valence-corrected chi connectivity index (χ3v) is 3.86. The minimum Gasteiger partial charge on any atom is -0.508 e. The fourth-order valence-electron chi connectivity index (χ4n) is 2.57. The first-order chi connectivity index (χ1) is 8.00. The molecule has 3 heteroatoms. The molecule has 0 radical (unpaired) electrons. The summed E-state index contributed by atoms with van der Waals surface area (Å²) in [5.41, 5.74) is 9.65. The molecule has 0 bridgehead atoms. The van der Waals surface area contributed by atoms with E-state index in [2.05, 4.69) is 11.8 Å². The molecule has 94 valence electrons.